The Morgan fingerprint density at radius 1 is 1.26 bits per heavy atom. The third-order valence-corrected chi connectivity index (χ3v) is 3.27. The molecule has 0 bridgehead atoms. The summed E-state index contributed by atoms with van der Waals surface area (Å²) in [6.07, 6.45) is -0.625. The summed E-state index contributed by atoms with van der Waals surface area (Å²) in [6, 6.07) is 13.2. The van der Waals surface area contributed by atoms with Gasteiger partial charge in [0.15, 0.2) is 0 Å². The molecule has 2 aromatic rings. The first-order chi connectivity index (χ1) is 9.06. The number of hydrogen-bond donors (Lipinski definition) is 3. The fraction of sp³-hybridized carbons (Fsp3) is 0.200. The molecule has 0 aliphatic carbocycles. The van der Waals surface area contributed by atoms with Crippen molar-refractivity contribution in [3.63, 3.8) is 0 Å². The fourth-order valence-corrected chi connectivity index (χ4v) is 1.97. The van der Waals surface area contributed by atoms with Gasteiger partial charge in [0, 0.05) is 12.2 Å². The van der Waals surface area contributed by atoms with Crippen molar-refractivity contribution in [2.24, 2.45) is 0 Å². The molecule has 19 heavy (non-hydrogen) atoms. The highest BCUT2D eigenvalue weighted by molar-refractivity contribution is 6.33. The second-order valence-electron chi connectivity index (χ2n) is 4.55. The molecule has 0 amide bonds. The van der Waals surface area contributed by atoms with Crippen LogP contribution in [-0.2, 0) is 0 Å². The summed E-state index contributed by atoms with van der Waals surface area (Å²) in [5.41, 5.74) is 9.12. The minimum absolute atomic E-state index is 0.421. The number of anilines is 2. The van der Waals surface area contributed by atoms with E-state index in [0.29, 0.717) is 17.3 Å². The third kappa shape index (κ3) is 3.63. The van der Waals surface area contributed by atoms with Crippen LogP contribution in [0.5, 0.6) is 0 Å². The molecule has 0 radical (unpaired) electrons. The summed E-state index contributed by atoms with van der Waals surface area (Å²) in [5.74, 6) is 0. The highest BCUT2D eigenvalue weighted by atomic mass is 35.5. The van der Waals surface area contributed by atoms with E-state index in [0.717, 1.165) is 11.3 Å². The minimum atomic E-state index is -0.625. The molecule has 0 heterocycles. The van der Waals surface area contributed by atoms with Crippen LogP contribution in [-0.4, -0.2) is 11.7 Å². The molecular formula is C15H17ClN2O. The molecule has 3 nitrogen and oxygen atoms in total. The maximum atomic E-state index is 10.1. The first-order valence-corrected chi connectivity index (χ1v) is 6.47. The lowest BCUT2D eigenvalue weighted by atomic mass is 10.1. The summed E-state index contributed by atoms with van der Waals surface area (Å²) in [4.78, 5) is 0. The Morgan fingerprint density at radius 2 is 2.05 bits per heavy atom. The molecule has 100 valence electrons. The van der Waals surface area contributed by atoms with Crippen LogP contribution in [0.15, 0.2) is 42.5 Å². The summed E-state index contributed by atoms with van der Waals surface area (Å²) in [6.45, 7) is 2.45. The van der Waals surface area contributed by atoms with Crippen molar-refractivity contribution in [3.05, 3.63) is 58.6 Å². The predicted molar refractivity (Wildman–Crippen MR) is 80.5 cm³/mol. The van der Waals surface area contributed by atoms with Crippen LogP contribution in [0.3, 0.4) is 0 Å². The molecule has 4 N–H and O–H groups in total. The monoisotopic (exact) mass is 276 g/mol. The molecule has 0 aromatic heterocycles. The lowest BCUT2D eigenvalue weighted by Gasteiger charge is -2.14. The second-order valence-corrected chi connectivity index (χ2v) is 4.95. The van der Waals surface area contributed by atoms with E-state index in [1.54, 1.807) is 18.2 Å². The molecule has 0 aliphatic heterocycles. The molecule has 0 aliphatic rings. The van der Waals surface area contributed by atoms with Gasteiger partial charge >= 0.3 is 0 Å². The van der Waals surface area contributed by atoms with Gasteiger partial charge in [0.1, 0.15) is 0 Å². The molecule has 0 saturated heterocycles. The summed E-state index contributed by atoms with van der Waals surface area (Å²) < 4.78 is 0. The number of aryl methyl sites for hydroxylation is 1. The quantitative estimate of drug-likeness (QED) is 0.751. The highest BCUT2D eigenvalue weighted by Crippen LogP contribution is 2.23. The van der Waals surface area contributed by atoms with Gasteiger partial charge in [-0.15, -0.1) is 0 Å². The minimum Gasteiger partial charge on any atom is -0.398 e. The first kappa shape index (κ1) is 13.7. The molecule has 1 atom stereocenters. The van der Waals surface area contributed by atoms with Crippen molar-refractivity contribution < 1.29 is 5.11 Å². The van der Waals surface area contributed by atoms with Crippen LogP contribution < -0.4 is 11.1 Å². The van der Waals surface area contributed by atoms with Gasteiger partial charge in [-0.2, -0.15) is 0 Å². The van der Waals surface area contributed by atoms with E-state index in [2.05, 4.69) is 5.32 Å². The Kier molecular flexibility index (Phi) is 4.30. The number of rotatable bonds is 4. The fourth-order valence-electron chi connectivity index (χ4n) is 1.86. The van der Waals surface area contributed by atoms with Crippen LogP contribution >= 0.6 is 11.6 Å². The smallest absolute Gasteiger partial charge is 0.0963 e. The van der Waals surface area contributed by atoms with Crippen LogP contribution in [0.2, 0.25) is 5.02 Å². The topological polar surface area (TPSA) is 58.3 Å². The normalized spacial score (nSPS) is 12.2. The molecular weight excluding hydrogens is 260 g/mol. The van der Waals surface area contributed by atoms with Gasteiger partial charge in [-0.3, -0.25) is 0 Å². The van der Waals surface area contributed by atoms with Gasteiger partial charge in [-0.1, -0.05) is 29.8 Å². The van der Waals surface area contributed by atoms with Crippen molar-refractivity contribution in [2.75, 3.05) is 17.6 Å². The van der Waals surface area contributed by atoms with Gasteiger partial charge < -0.3 is 16.2 Å². The van der Waals surface area contributed by atoms with Crippen molar-refractivity contribution in [3.8, 4) is 0 Å². The average Bonchev–Trinajstić information content (AvgIpc) is 2.39. The predicted octanol–water partition coefficient (Wildman–Crippen LogP) is 3.38. The maximum Gasteiger partial charge on any atom is 0.0963 e. The summed E-state index contributed by atoms with van der Waals surface area (Å²) in [7, 11) is 0. The number of hydrogen-bond acceptors (Lipinski definition) is 3. The Bertz CT molecular complexity index is 572. The van der Waals surface area contributed by atoms with Gasteiger partial charge in [0.2, 0.25) is 0 Å². The van der Waals surface area contributed by atoms with Gasteiger partial charge in [-0.05, 0) is 42.3 Å². The number of nitrogen functional groups attached to an aromatic ring is 1. The Balaban J connectivity index is 2.01. The highest BCUT2D eigenvalue weighted by Gasteiger charge is 2.09. The lowest BCUT2D eigenvalue weighted by Crippen LogP contribution is -2.12. The Morgan fingerprint density at radius 3 is 2.74 bits per heavy atom. The second kappa shape index (κ2) is 5.95. The molecule has 0 fully saturated rings. The molecule has 0 spiro atoms. The van der Waals surface area contributed by atoms with E-state index in [1.807, 2.05) is 31.2 Å². The number of aliphatic hydroxyl groups excluding tert-OH is 1. The largest absolute Gasteiger partial charge is 0.398 e. The average molecular weight is 277 g/mol. The van der Waals surface area contributed by atoms with E-state index in [9.17, 15) is 5.11 Å². The Labute approximate surface area is 118 Å². The number of aliphatic hydroxyl groups is 1. The third-order valence-electron chi connectivity index (χ3n) is 2.92. The maximum absolute atomic E-state index is 10.1. The molecule has 2 aromatic carbocycles. The van der Waals surface area contributed by atoms with Crippen molar-refractivity contribution in [1.29, 1.82) is 0 Å². The van der Waals surface area contributed by atoms with Crippen LogP contribution in [0.25, 0.3) is 0 Å². The number of nitrogens with one attached hydrogen (secondary N) is 1. The van der Waals surface area contributed by atoms with Crippen molar-refractivity contribution in [1.82, 2.24) is 0 Å². The van der Waals surface area contributed by atoms with E-state index in [1.165, 1.54) is 5.56 Å². The zero-order valence-corrected chi connectivity index (χ0v) is 11.5. The molecule has 0 saturated carbocycles. The lowest BCUT2D eigenvalue weighted by molar-refractivity contribution is 0.191. The summed E-state index contributed by atoms with van der Waals surface area (Å²) >= 11 is 5.85. The van der Waals surface area contributed by atoms with Crippen molar-refractivity contribution in [2.45, 2.75) is 13.0 Å². The number of nitrogens with two attached hydrogens (primary N) is 1. The van der Waals surface area contributed by atoms with E-state index in [4.69, 9.17) is 17.3 Å². The van der Waals surface area contributed by atoms with E-state index in [-0.39, 0.29) is 0 Å². The van der Waals surface area contributed by atoms with Gasteiger partial charge in [-0.25, -0.2) is 0 Å². The van der Waals surface area contributed by atoms with E-state index >= 15 is 0 Å². The van der Waals surface area contributed by atoms with Gasteiger partial charge in [0.25, 0.3) is 0 Å². The van der Waals surface area contributed by atoms with Gasteiger partial charge in [0.05, 0.1) is 16.8 Å². The summed E-state index contributed by atoms with van der Waals surface area (Å²) in [5, 5.41) is 13.8. The zero-order valence-electron chi connectivity index (χ0n) is 10.7. The SMILES string of the molecule is Cc1cccc(NCC(O)c2ccc(Cl)c(N)c2)c1. The zero-order chi connectivity index (χ0) is 13.8. The molecule has 2 rings (SSSR count). The van der Waals surface area contributed by atoms with E-state index < -0.39 is 6.10 Å². The standard InChI is InChI=1S/C15H17ClN2O/c1-10-3-2-4-12(7-10)18-9-15(19)11-5-6-13(16)14(17)8-11/h2-8,15,18-19H,9,17H2,1H3. The molecule has 4 heteroatoms. The van der Waals surface area contributed by atoms with Crippen LogP contribution in [0, 0.1) is 6.92 Å². The first-order valence-electron chi connectivity index (χ1n) is 6.10. The van der Waals surface area contributed by atoms with Crippen molar-refractivity contribution >= 4 is 23.0 Å². The Hall–Kier alpha value is -1.71. The van der Waals surface area contributed by atoms with Crippen LogP contribution in [0.4, 0.5) is 11.4 Å². The van der Waals surface area contributed by atoms with Crippen LogP contribution in [0.1, 0.15) is 17.2 Å². The number of benzene rings is 2. The number of halogens is 1. The molecule has 1 unspecified atom stereocenters.